The van der Waals surface area contributed by atoms with Gasteiger partial charge in [0.25, 0.3) is 23.6 Å². The van der Waals surface area contributed by atoms with E-state index in [2.05, 4.69) is 28.6 Å². The number of esters is 4. The van der Waals surface area contributed by atoms with Gasteiger partial charge in [-0.1, -0.05) is 44.6 Å². The van der Waals surface area contributed by atoms with Gasteiger partial charge in [-0.15, -0.1) is 10.1 Å². The van der Waals surface area contributed by atoms with Gasteiger partial charge in [0, 0.05) is 70.9 Å². The number of nitrogens with zero attached hydrogens (tertiary/aromatic N) is 2. The van der Waals surface area contributed by atoms with Crippen LogP contribution in [0.1, 0.15) is 182 Å². The first-order valence-electron chi connectivity index (χ1n) is 33.7. The SMILES string of the molecule is C.C.C.C.C.C.CC(=O)CCC(=O)ON1C(=O)CC(S(=O)(=O)[O-])C1=O.CC(=O)CCC(=O)ON1C(=O)CCC1=O.CC(=O)CCC(=O)Oc1c(F)c(F)c(F)c(F)c1F.CC(=O)CCC(=O)Oc1c(F)c(F)cc(F)c1F.CC(=O)CCOCCOCCC(=O)Oc1c(F)c(F)c(F)c(F)c1F.CC(=O)CCOCCOCCC(=O)Oc1c(F)c(F)cc(F)c1F.[CH3+]. The summed E-state index contributed by atoms with van der Waals surface area (Å²) in [6.07, 6.45) is -3.04. The Hall–Kier alpha value is -11.6. The van der Waals surface area contributed by atoms with E-state index in [0.29, 0.717) is 5.06 Å². The van der Waals surface area contributed by atoms with Crippen LogP contribution in [-0.2, 0) is 115 Å². The summed E-state index contributed by atoms with van der Waals surface area (Å²) in [5, 5.41) is -1.63. The topological polar surface area (TPSA) is 429 Å². The second kappa shape index (κ2) is 63.3. The fourth-order valence-corrected chi connectivity index (χ4v) is 8.34. The van der Waals surface area contributed by atoms with E-state index in [1.807, 2.05) is 0 Å². The van der Waals surface area contributed by atoms with Gasteiger partial charge < -0.3 is 71.3 Å². The molecule has 0 spiro atoms. The fourth-order valence-electron chi connectivity index (χ4n) is 7.65. The summed E-state index contributed by atoms with van der Waals surface area (Å²) in [5.74, 6) is -53.9. The van der Waals surface area contributed by atoms with Crippen molar-refractivity contribution in [1.82, 2.24) is 10.1 Å². The molecule has 718 valence electrons. The van der Waals surface area contributed by atoms with Crippen LogP contribution < -0.4 is 18.9 Å². The third-order valence-corrected chi connectivity index (χ3v) is 14.8. The van der Waals surface area contributed by atoms with Crippen molar-refractivity contribution in [2.24, 2.45) is 0 Å². The molecule has 0 radical (unpaired) electrons. The van der Waals surface area contributed by atoms with E-state index in [1.165, 1.54) is 34.6 Å². The number of imide groups is 2. The maximum atomic E-state index is 13.3. The Balaban J connectivity index is -0.000000271. The van der Waals surface area contributed by atoms with E-state index in [0.717, 1.165) is 6.92 Å². The number of hydrogen-bond donors (Lipinski definition) is 0. The highest BCUT2D eigenvalue weighted by Gasteiger charge is 2.45. The highest BCUT2D eigenvalue weighted by Crippen LogP contribution is 2.33. The van der Waals surface area contributed by atoms with Crippen LogP contribution in [0.5, 0.6) is 23.0 Å². The number of hydrogen-bond acceptors (Lipinski definition) is 29. The number of carbonyl (C=O) groups excluding carboxylic acids is 16. The molecule has 0 aliphatic carbocycles. The quantitative estimate of drug-likeness (QED) is 0.00466. The van der Waals surface area contributed by atoms with Crippen LogP contribution in [0.25, 0.3) is 0 Å². The maximum Gasteiger partial charge on any atom is 0.333 e. The Kier molecular flexibility index (Phi) is 64.0. The molecule has 0 N–H and O–H groups in total. The second-order valence-corrected chi connectivity index (χ2v) is 25.2. The van der Waals surface area contributed by atoms with Crippen LogP contribution in [0.2, 0.25) is 0 Å². The molecule has 50 heteroatoms. The fraction of sp³-hybridized carbons (Fsp3) is 0.468. The van der Waals surface area contributed by atoms with E-state index in [-0.39, 0.29) is 222 Å². The molecule has 2 fully saturated rings. The van der Waals surface area contributed by atoms with Crippen LogP contribution in [-0.4, -0.2) is 175 Å². The molecule has 0 saturated carbocycles. The molecule has 1 atom stereocenters. The second-order valence-electron chi connectivity index (χ2n) is 23.7. The molecular formula is C77H94F18N2O29S. The number of amides is 4. The molecule has 4 aromatic carbocycles. The first-order valence-corrected chi connectivity index (χ1v) is 35.1. The molecule has 31 nitrogen and oxygen atoms in total. The summed E-state index contributed by atoms with van der Waals surface area (Å²) in [4.78, 5) is 184. The summed E-state index contributed by atoms with van der Waals surface area (Å²) >= 11 is 0. The zero-order valence-corrected chi connectivity index (χ0v) is 64.8. The Morgan fingerprint density at radius 2 is 0.520 bits per heavy atom. The molecule has 4 aromatic rings. The number of ether oxygens (including phenoxy) is 8. The van der Waals surface area contributed by atoms with Crippen molar-refractivity contribution in [1.29, 1.82) is 0 Å². The van der Waals surface area contributed by atoms with Gasteiger partial charge in [0.1, 0.15) is 50.1 Å². The number of rotatable bonds is 37. The van der Waals surface area contributed by atoms with E-state index in [4.69, 9.17) is 18.9 Å². The lowest BCUT2D eigenvalue weighted by Crippen LogP contribution is -2.36. The minimum absolute atomic E-state index is 0. The summed E-state index contributed by atoms with van der Waals surface area (Å²) in [6, 6.07) is 0.00872. The summed E-state index contributed by atoms with van der Waals surface area (Å²) in [6.45, 7) is 8.46. The van der Waals surface area contributed by atoms with Crippen LogP contribution in [0.4, 0.5) is 79.0 Å². The predicted molar refractivity (Wildman–Crippen MR) is 400 cm³/mol. The van der Waals surface area contributed by atoms with Crippen molar-refractivity contribution in [2.75, 3.05) is 52.9 Å². The third-order valence-electron chi connectivity index (χ3n) is 13.7. The van der Waals surface area contributed by atoms with E-state index in [1.54, 1.807) is 0 Å². The summed E-state index contributed by atoms with van der Waals surface area (Å²) in [5.41, 5.74) is 0. The first kappa shape index (κ1) is 128. The van der Waals surface area contributed by atoms with Crippen molar-refractivity contribution >= 4 is 104 Å². The molecule has 2 heterocycles. The van der Waals surface area contributed by atoms with Crippen LogP contribution in [0.15, 0.2) is 12.1 Å². The normalized spacial score (nSPS) is 12.0. The van der Waals surface area contributed by atoms with Gasteiger partial charge in [0.2, 0.25) is 104 Å². The average Bonchev–Trinajstić information content (AvgIpc) is 1.05. The Labute approximate surface area is 716 Å². The third kappa shape index (κ3) is 45.9. The molecule has 0 aromatic heterocycles. The number of benzene rings is 4. The lowest BCUT2D eigenvalue weighted by Gasteiger charge is -2.15. The van der Waals surface area contributed by atoms with Gasteiger partial charge >= 0.3 is 35.8 Å². The molecule has 127 heavy (non-hydrogen) atoms. The van der Waals surface area contributed by atoms with E-state index < -0.39 is 234 Å². The molecule has 1 unspecified atom stereocenters. The van der Waals surface area contributed by atoms with Crippen LogP contribution in [0.3, 0.4) is 0 Å². The minimum Gasteiger partial charge on any atom is -0.747 e. The van der Waals surface area contributed by atoms with Crippen molar-refractivity contribution in [3.63, 3.8) is 0 Å². The number of carbonyl (C=O) groups is 16. The molecule has 2 saturated heterocycles. The van der Waals surface area contributed by atoms with Crippen molar-refractivity contribution in [2.45, 2.75) is 188 Å². The smallest absolute Gasteiger partial charge is 0.333 e. The zero-order valence-electron chi connectivity index (χ0n) is 63.9. The summed E-state index contributed by atoms with van der Waals surface area (Å²) < 4.78 is 303. The van der Waals surface area contributed by atoms with Crippen molar-refractivity contribution in [3.8, 4) is 23.0 Å². The predicted octanol–water partition coefficient (Wildman–Crippen LogP) is 13.1. The van der Waals surface area contributed by atoms with E-state index in [9.17, 15) is 169 Å². The Bertz CT molecular complexity index is 4470. The summed E-state index contributed by atoms with van der Waals surface area (Å²) in [7, 11) is -4.99. The lowest BCUT2D eigenvalue weighted by atomic mass is 10.2. The molecule has 2 aliphatic rings. The zero-order chi connectivity index (χ0) is 91.9. The van der Waals surface area contributed by atoms with Gasteiger partial charge in [0.15, 0.2) is 23.3 Å². The van der Waals surface area contributed by atoms with Gasteiger partial charge in [0.05, 0.1) is 97.8 Å². The van der Waals surface area contributed by atoms with E-state index >= 15 is 0 Å². The average molecular weight is 1890 g/mol. The largest absolute Gasteiger partial charge is 0.747 e. The van der Waals surface area contributed by atoms with Gasteiger partial charge in [-0.05, 0) is 41.5 Å². The maximum absolute atomic E-state index is 13.3. The molecule has 0 bridgehead atoms. The lowest BCUT2D eigenvalue weighted by molar-refractivity contribution is -0.197. The molecular weight excluding hydrogens is 1790 g/mol. The van der Waals surface area contributed by atoms with Gasteiger partial charge in [-0.3, -0.25) is 47.9 Å². The van der Waals surface area contributed by atoms with Gasteiger partial charge in [-0.2, -0.15) is 35.1 Å². The number of Topliss-reactive ketones (excluding diaryl/α,β-unsaturated/α-hetero) is 6. The highest BCUT2D eigenvalue weighted by molar-refractivity contribution is 7.87. The van der Waals surface area contributed by atoms with Crippen LogP contribution >= 0.6 is 0 Å². The van der Waals surface area contributed by atoms with Crippen LogP contribution in [0, 0.1) is 112 Å². The van der Waals surface area contributed by atoms with Crippen molar-refractivity contribution in [3.05, 3.63) is 124 Å². The highest BCUT2D eigenvalue weighted by atomic mass is 32.2. The molecule has 4 amide bonds. The number of halogens is 18. The minimum atomic E-state index is -4.99. The Morgan fingerprint density at radius 3 is 0.756 bits per heavy atom. The number of hydroxylamine groups is 4. The van der Waals surface area contributed by atoms with Crippen molar-refractivity contribution < 1.29 is 216 Å². The Morgan fingerprint density at radius 1 is 0.307 bits per heavy atom. The molecule has 6 rings (SSSR count). The monoisotopic (exact) mass is 1880 g/mol. The standard InChI is InChI=1S/C15H15F5O5.C15H16F4O5.C11H7F5O3.C11H8F4O3.C9H11NO8S.C9H11NO5.6CH4.CH3/c1-8(21)2-4-23-6-7-24-5-3-9(22)25-15-13(19)11(17)10(16)12(18)14(15)20;1-9(20)2-4-22-6-7-23-5-3-12(21)24-15-13(18)10(16)8-11(17)14(15)19;1-4(17)2-3-5(18)19-11-9(15)7(13)6(12)8(14)10(11)16;1-5(16)2-3-8(17)18-11-9(14)6(12)4-7(13)10(11)15;1-5(11)2-3-8(13)18-10-7(12)4-6(9(10)14)19(15,16)17;1-6(11)2-5-9(14)15-10-7(12)3-4-8(10)13;;;;;;;/h2-7H2,1H3;8H,2-7H2,1H3;2-3H2,1H3;4H,2-3H2,1H3;6H,2-4H2,1H3,(H,15,16,17);2-5H2,1H3;6*1H4;1H3/q;;;;;;;;;;;;+1/p-1. The number of ketones is 6. The molecule has 2 aliphatic heterocycles. The first-order chi connectivity index (χ1) is 55.8. The van der Waals surface area contributed by atoms with Gasteiger partial charge in [-0.25, -0.2) is 61.9 Å².